The Hall–Kier alpha value is -0.160. The smallest absolute Gasteiger partial charge is 0.0521 e. The molecule has 0 aromatic carbocycles. The molecule has 118 valence electrons. The van der Waals surface area contributed by atoms with Crippen LogP contribution in [-0.4, -0.2) is 61.5 Å². The highest BCUT2D eigenvalue weighted by atomic mass is 16.5. The Balaban J connectivity index is 1.82. The second-order valence-corrected chi connectivity index (χ2v) is 6.34. The minimum atomic E-state index is 0.331. The van der Waals surface area contributed by atoms with E-state index >= 15 is 0 Å². The molecule has 2 heterocycles. The quantitative estimate of drug-likeness (QED) is 0.711. The zero-order valence-corrected chi connectivity index (χ0v) is 13.0. The number of likely N-dealkylation sites (tertiary alicyclic amines) is 1. The summed E-state index contributed by atoms with van der Waals surface area (Å²) >= 11 is 0. The van der Waals surface area contributed by atoms with Crippen LogP contribution in [0.15, 0.2) is 0 Å². The minimum absolute atomic E-state index is 0.331. The molecule has 2 N–H and O–H groups in total. The predicted molar refractivity (Wildman–Crippen MR) is 81.9 cm³/mol. The molecule has 0 aromatic rings. The summed E-state index contributed by atoms with van der Waals surface area (Å²) in [7, 11) is 0. The third-order valence-electron chi connectivity index (χ3n) is 4.79. The molecule has 4 nitrogen and oxygen atoms in total. The van der Waals surface area contributed by atoms with Gasteiger partial charge in [0.25, 0.3) is 0 Å². The number of aliphatic hydroxyl groups excluding tert-OH is 1. The SMILES string of the molecule is CCCNC1CCOCC1CN1CCCC1CCCO. The lowest BCUT2D eigenvalue weighted by atomic mass is 9.94. The van der Waals surface area contributed by atoms with Gasteiger partial charge in [0.2, 0.25) is 0 Å². The van der Waals surface area contributed by atoms with E-state index in [1.807, 2.05) is 0 Å². The fourth-order valence-corrected chi connectivity index (χ4v) is 3.67. The molecule has 0 bridgehead atoms. The van der Waals surface area contributed by atoms with Crippen molar-refractivity contribution in [3.05, 3.63) is 0 Å². The van der Waals surface area contributed by atoms with Crippen molar-refractivity contribution >= 4 is 0 Å². The molecule has 4 heteroatoms. The molecule has 3 unspecified atom stereocenters. The molecule has 2 rings (SSSR count). The Morgan fingerprint density at radius 1 is 1.35 bits per heavy atom. The molecular formula is C16H32N2O2. The van der Waals surface area contributed by atoms with Gasteiger partial charge in [-0.3, -0.25) is 4.90 Å². The third kappa shape index (κ3) is 4.69. The molecule has 0 aromatic heterocycles. The van der Waals surface area contributed by atoms with E-state index < -0.39 is 0 Å². The van der Waals surface area contributed by atoms with Crippen LogP contribution in [0.2, 0.25) is 0 Å². The van der Waals surface area contributed by atoms with Crippen LogP contribution in [0, 0.1) is 5.92 Å². The highest BCUT2D eigenvalue weighted by Crippen LogP contribution is 2.25. The molecule has 0 saturated carbocycles. The zero-order valence-electron chi connectivity index (χ0n) is 13.0. The first-order chi connectivity index (χ1) is 9.85. The highest BCUT2D eigenvalue weighted by molar-refractivity contribution is 4.86. The topological polar surface area (TPSA) is 44.7 Å². The van der Waals surface area contributed by atoms with Crippen LogP contribution in [0.3, 0.4) is 0 Å². The van der Waals surface area contributed by atoms with Gasteiger partial charge in [-0.05, 0) is 51.6 Å². The van der Waals surface area contributed by atoms with Gasteiger partial charge in [-0.2, -0.15) is 0 Å². The average Bonchev–Trinajstić information content (AvgIpc) is 2.91. The maximum absolute atomic E-state index is 9.02. The van der Waals surface area contributed by atoms with Gasteiger partial charge in [0.05, 0.1) is 6.61 Å². The van der Waals surface area contributed by atoms with Crippen LogP contribution in [0.25, 0.3) is 0 Å². The van der Waals surface area contributed by atoms with E-state index in [0.29, 0.717) is 24.6 Å². The normalized spacial score (nSPS) is 31.8. The monoisotopic (exact) mass is 284 g/mol. The summed E-state index contributed by atoms with van der Waals surface area (Å²) in [6, 6.07) is 1.32. The Bertz CT molecular complexity index is 263. The van der Waals surface area contributed by atoms with Crippen molar-refractivity contribution < 1.29 is 9.84 Å². The first kappa shape index (κ1) is 16.2. The van der Waals surface area contributed by atoms with Gasteiger partial charge in [-0.1, -0.05) is 6.92 Å². The molecule has 2 saturated heterocycles. The molecule has 3 atom stereocenters. The molecule has 0 amide bonds. The average molecular weight is 284 g/mol. The summed E-state index contributed by atoms with van der Waals surface area (Å²) in [5.41, 5.74) is 0. The largest absolute Gasteiger partial charge is 0.396 e. The van der Waals surface area contributed by atoms with E-state index in [-0.39, 0.29) is 0 Å². The van der Waals surface area contributed by atoms with Gasteiger partial charge in [-0.15, -0.1) is 0 Å². The van der Waals surface area contributed by atoms with Crippen molar-refractivity contribution in [2.75, 3.05) is 39.5 Å². The van der Waals surface area contributed by atoms with Crippen LogP contribution >= 0.6 is 0 Å². The van der Waals surface area contributed by atoms with Gasteiger partial charge in [0.1, 0.15) is 0 Å². The minimum Gasteiger partial charge on any atom is -0.396 e. The van der Waals surface area contributed by atoms with Gasteiger partial charge < -0.3 is 15.2 Å². The van der Waals surface area contributed by atoms with E-state index in [9.17, 15) is 0 Å². The van der Waals surface area contributed by atoms with Crippen LogP contribution in [0.5, 0.6) is 0 Å². The molecule has 2 fully saturated rings. The second-order valence-electron chi connectivity index (χ2n) is 6.34. The van der Waals surface area contributed by atoms with Crippen LogP contribution < -0.4 is 5.32 Å². The van der Waals surface area contributed by atoms with E-state index in [2.05, 4.69) is 17.1 Å². The number of nitrogens with zero attached hydrogens (tertiary/aromatic N) is 1. The van der Waals surface area contributed by atoms with Crippen molar-refractivity contribution in [2.24, 2.45) is 5.92 Å². The van der Waals surface area contributed by atoms with Gasteiger partial charge in [0, 0.05) is 37.8 Å². The lowest BCUT2D eigenvalue weighted by Gasteiger charge is -2.36. The number of hydrogen-bond acceptors (Lipinski definition) is 4. The number of hydrogen-bond donors (Lipinski definition) is 2. The number of ether oxygens (including phenoxy) is 1. The van der Waals surface area contributed by atoms with Crippen molar-refractivity contribution in [2.45, 2.75) is 57.5 Å². The zero-order chi connectivity index (χ0) is 14.2. The lowest BCUT2D eigenvalue weighted by molar-refractivity contribution is 0.0141. The number of aliphatic hydroxyl groups is 1. The van der Waals surface area contributed by atoms with Crippen molar-refractivity contribution in [1.82, 2.24) is 10.2 Å². The Kier molecular flexibility index (Phi) is 7.28. The lowest BCUT2D eigenvalue weighted by Crippen LogP contribution is -2.48. The third-order valence-corrected chi connectivity index (χ3v) is 4.79. The highest BCUT2D eigenvalue weighted by Gasteiger charge is 2.31. The Labute approximate surface area is 123 Å². The van der Waals surface area contributed by atoms with E-state index in [4.69, 9.17) is 9.84 Å². The van der Waals surface area contributed by atoms with Crippen molar-refractivity contribution in [3.63, 3.8) is 0 Å². The van der Waals surface area contributed by atoms with Crippen LogP contribution in [0.1, 0.15) is 45.4 Å². The van der Waals surface area contributed by atoms with Crippen molar-refractivity contribution in [1.29, 1.82) is 0 Å². The Morgan fingerprint density at radius 3 is 3.05 bits per heavy atom. The van der Waals surface area contributed by atoms with E-state index in [1.54, 1.807) is 0 Å². The summed E-state index contributed by atoms with van der Waals surface area (Å²) in [5.74, 6) is 0.630. The molecule has 20 heavy (non-hydrogen) atoms. The summed E-state index contributed by atoms with van der Waals surface area (Å²) in [5, 5.41) is 12.7. The van der Waals surface area contributed by atoms with E-state index in [0.717, 1.165) is 45.6 Å². The molecule has 0 radical (unpaired) electrons. The summed E-state index contributed by atoms with van der Waals surface area (Å²) in [6.45, 7) is 7.89. The molecule has 2 aliphatic rings. The van der Waals surface area contributed by atoms with Crippen molar-refractivity contribution in [3.8, 4) is 0 Å². The molecular weight excluding hydrogens is 252 g/mol. The van der Waals surface area contributed by atoms with Gasteiger partial charge >= 0.3 is 0 Å². The Morgan fingerprint density at radius 2 is 2.25 bits per heavy atom. The fourth-order valence-electron chi connectivity index (χ4n) is 3.67. The molecule has 0 spiro atoms. The summed E-state index contributed by atoms with van der Waals surface area (Å²) in [4.78, 5) is 2.65. The first-order valence-corrected chi connectivity index (χ1v) is 8.51. The second kappa shape index (κ2) is 8.98. The number of nitrogens with one attached hydrogen (secondary N) is 1. The summed E-state index contributed by atoms with van der Waals surface area (Å²) < 4.78 is 5.71. The van der Waals surface area contributed by atoms with Crippen LogP contribution in [0.4, 0.5) is 0 Å². The molecule has 2 aliphatic heterocycles. The predicted octanol–water partition coefficient (Wildman–Crippen LogP) is 1.63. The fraction of sp³-hybridized carbons (Fsp3) is 1.00. The van der Waals surface area contributed by atoms with E-state index in [1.165, 1.54) is 25.8 Å². The summed E-state index contributed by atoms with van der Waals surface area (Å²) in [6.07, 6.45) is 7.07. The standard InChI is InChI=1S/C16H32N2O2/c1-2-8-17-16-7-11-20-13-14(16)12-18-9-3-5-15(18)6-4-10-19/h14-17,19H,2-13H2,1H3. The molecule has 0 aliphatic carbocycles. The van der Waals surface area contributed by atoms with Crippen LogP contribution in [-0.2, 0) is 4.74 Å². The first-order valence-electron chi connectivity index (χ1n) is 8.51. The maximum Gasteiger partial charge on any atom is 0.0521 e. The number of rotatable bonds is 8. The van der Waals surface area contributed by atoms with Gasteiger partial charge in [-0.25, -0.2) is 0 Å². The maximum atomic E-state index is 9.02. The van der Waals surface area contributed by atoms with Gasteiger partial charge in [0.15, 0.2) is 0 Å².